The van der Waals surface area contributed by atoms with Crippen molar-refractivity contribution in [2.75, 3.05) is 52.5 Å². The van der Waals surface area contributed by atoms with Crippen molar-refractivity contribution in [2.24, 2.45) is 16.5 Å². The lowest BCUT2D eigenvalue weighted by molar-refractivity contribution is -0.0226. The summed E-state index contributed by atoms with van der Waals surface area (Å²) in [6.07, 6.45) is 4.07. The van der Waals surface area contributed by atoms with Crippen LogP contribution in [0.1, 0.15) is 19.3 Å². The van der Waals surface area contributed by atoms with Gasteiger partial charge in [-0.25, -0.2) is 0 Å². The van der Waals surface area contributed by atoms with E-state index in [9.17, 15) is 0 Å². The Morgan fingerprint density at radius 1 is 1.24 bits per heavy atom. The first-order valence-corrected chi connectivity index (χ1v) is 8.25. The van der Waals surface area contributed by atoms with E-state index in [1.807, 2.05) is 0 Å². The molecule has 0 aromatic rings. The van der Waals surface area contributed by atoms with Gasteiger partial charge < -0.3 is 19.6 Å². The zero-order chi connectivity index (χ0) is 14.1. The molecule has 0 aromatic heterocycles. The maximum atomic E-state index is 6.24. The van der Waals surface area contributed by atoms with E-state index < -0.39 is 0 Å². The normalized spacial score (nSPS) is 40.3. The van der Waals surface area contributed by atoms with Gasteiger partial charge in [-0.05, 0) is 25.9 Å². The Morgan fingerprint density at radius 3 is 3.05 bits per heavy atom. The van der Waals surface area contributed by atoms with Crippen LogP contribution in [-0.2, 0) is 14.3 Å². The van der Waals surface area contributed by atoms with Gasteiger partial charge in [0.1, 0.15) is 6.10 Å². The first-order valence-electron chi connectivity index (χ1n) is 8.25. The minimum atomic E-state index is -0.0967. The molecule has 6 heteroatoms. The molecule has 3 saturated heterocycles. The summed E-state index contributed by atoms with van der Waals surface area (Å²) in [4.78, 5) is 8.00. The van der Waals surface area contributed by atoms with Crippen molar-refractivity contribution < 1.29 is 14.3 Å². The molecule has 4 heterocycles. The summed E-state index contributed by atoms with van der Waals surface area (Å²) in [5.74, 6) is 1.23. The van der Waals surface area contributed by atoms with Crippen molar-refractivity contribution in [3.05, 3.63) is 0 Å². The number of nitrogens with zero attached hydrogens (tertiary/aromatic N) is 2. The van der Waals surface area contributed by atoms with Gasteiger partial charge in [-0.2, -0.15) is 0 Å². The van der Waals surface area contributed by atoms with Gasteiger partial charge in [-0.3, -0.25) is 4.90 Å². The standard InChI is InChI=1S/C15H25N3O3/c1-2-4-18(5-3-1)7-13-9-20-17-14(21-13)15-10-16-6-12(15)8-19-11-15/h12-13,16H,1-11H2/t12?,13?,15-/m1/s1. The summed E-state index contributed by atoms with van der Waals surface area (Å²) in [7, 11) is 0. The average Bonchev–Trinajstić information content (AvgIpc) is 3.09. The van der Waals surface area contributed by atoms with Crippen molar-refractivity contribution >= 4 is 5.90 Å². The Balaban J connectivity index is 1.41. The van der Waals surface area contributed by atoms with E-state index in [4.69, 9.17) is 14.3 Å². The van der Waals surface area contributed by atoms with Crippen LogP contribution < -0.4 is 5.32 Å². The van der Waals surface area contributed by atoms with Crippen molar-refractivity contribution in [2.45, 2.75) is 25.4 Å². The SMILES string of the molecule is C1CCN(CC2CON=C([C@@]34CNCC3COC4)O2)CC1. The molecule has 0 spiro atoms. The summed E-state index contributed by atoms with van der Waals surface area (Å²) >= 11 is 0. The molecule has 4 rings (SSSR count). The number of ether oxygens (including phenoxy) is 2. The smallest absolute Gasteiger partial charge is 0.236 e. The molecular weight excluding hydrogens is 270 g/mol. The lowest BCUT2D eigenvalue weighted by Gasteiger charge is -2.35. The predicted octanol–water partition coefficient (Wildman–Crippen LogP) is 0.437. The summed E-state index contributed by atoms with van der Waals surface area (Å²) in [5.41, 5.74) is -0.0967. The highest BCUT2D eigenvalue weighted by Gasteiger charge is 2.54. The third-order valence-corrected chi connectivity index (χ3v) is 5.31. The molecule has 21 heavy (non-hydrogen) atoms. The molecular formula is C15H25N3O3. The number of fused-ring (bicyclic) bond motifs is 1. The van der Waals surface area contributed by atoms with E-state index in [0.29, 0.717) is 19.1 Å². The lowest BCUT2D eigenvalue weighted by atomic mass is 9.80. The van der Waals surface area contributed by atoms with Crippen LogP contribution in [0.5, 0.6) is 0 Å². The monoisotopic (exact) mass is 295 g/mol. The molecule has 4 aliphatic rings. The van der Waals surface area contributed by atoms with Crippen LogP contribution in [0.4, 0.5) is 0 Å². The van der Waals surface area contributed by atoms with Crippen LogP contribution in [0.3, 0.4) is 0 Å². The fourth-order valence-electron chi connectivity index (χ4n) is 4.01. The van der Waals surface area contributed by atoms with Gasteiger partial charge in [0.15, 0.2) is 6.61 Å². The van der Waals surface area contributed by atoms with Gasteiger partial charge >= 0.3 is 0 Å². The summed E-state index contributed by atoms with van der Waals surface area (Å²) < 4.78 is 11.9. The second-order valence-corrected chi connectivity index (χ2v) is 6.79. The second kappa shape index (κ2) is 5.74. The molecule has 0 saturated carbocycles. The van der Waals surface area contributed by atoms with E-state index in [0.717, 1.165) is 32.1 Å². The molecule has 1 N–H and O–H groups in total. The van der Waals surface area contributed by atoms with Crippen LogP contribution in [0.25, 0.3) is 0 Å². The number of oxime groups is 1. The molecule has 3 fully saturated rings. The Hall–Kier alpha value is -0.850. The highest BCUT2D eigenvalue weighted by molar-refractivity contribution is 5.84. The fraction of sp³-hybridized carbons (Fsp3) is 0.933. The van der Waals surface area contributed by atoms with Gasteiger partial charge in [0.2, 0.25) is 5.90 Å². The Labute approximate surface area is 125 Å². The summed E-state index contributed by atoms with van der Waals surface area (Å²) in [6.45, 7) is 7.25. The van der Waals surface area contributed by atoms with E-state index in [1.54, 1.807) is 0 Å². The quantitative estimate of drug-likeness (QED) is 0.819. The van der Waals surface area contributed by atoms with Crippen LogP contribution >= 0.6 is 0 Å². The van der Waals surface area contributed by atoms with Gasteiger partial charge in [0.25, 0.3) is 0 Å². The number of rotatable bonds is 3. The highest BCUT2D eigenvalue weighted by atomic mass is 16.7. The Morgan fingerprint density at radius 2 is 2.14 bits per heavy atom. The minimum Gasteiger partial charge on any atom is -0.470 e. The van der Waals surface area contributed by atoms with E-state index >= 15 is 0 Å². The minimum absolute atomic E-state index is 0.0967. The number of hydrogen-bond donors (Lipinski definition) is 1. The van der Waals surface area contributed by atoms with Crippen LogP contribution in [0, 0.1) is 11.3 Å². The molecule has 0 aromatic carbocycles. The molecule has 4 aliphatic heterocycles. The van der Waals surface area contributed by atoms with Crippen LogP contribution in [0.15, 0.2) is 5.16 Å². The molecule has 2 unspecified atom stereocenters. The molecule has 0 aliphatic carbocycles. The first kappa shape index (κ1) is 13.8. The third-order valence-electron chi connectivity index (χ3n) is 5.31. The average molecular weight is 295 g/mol. The molecule has 0 radical (unpaired) electrons. The molecule has 3 atom stereocenters. The number of likely N-dealkylation sites (tertiary alicyclic amines) is 1. The van der Waals surface area contributed by atoms with Crippen molar-refractivity contribution in [3.63, 3.8) is 0 Å². The predicted molar refractivity (Wildman–Crippen MR) is 78.2 cm³/mol. The van der Waals surface area contributed by atoms with Gasteiger partial charge in [0.05, 0.1) is 18.6 Å². The largest absolute Gasteiger partial charge is 0.470 e. The summed E-state index contributed by atoms with van der Waals surface area (Å²) in [6, 6.07) is 0. The first-order chi connectivity index (χ1) is 10.4. The Kier molecular flexibility index (Phi) is 3.77. The molecule has 118 valence electrons. The van der Waals surface area contributed by atoms with E-state index in [1.165, 1.54) is 32.4 Å². The second-order valence-electron chi connectivity index (χ2n) is 6.79. The van der Waals surface area contributed by atoms with Crippen molar-refractivity contribution in [3.8, 4) is 0 Å². The third kappa shape index (κ3) is 2.53. The number of piperidine rings is 1. The topological polar surface area (TPSA) is 55.3 Å². The maximum absolute atomic E-state index is 6.24. The zero-order valence-corrected chi connectivity index (χ0v) is 12.6. The zero-order valence-electron chi connectivity index (χ0n) is 12.6. The van der Waals surface area contributed by atoms with Crippen molar-refractivity contribution in [1.29, 1.82) is 0 Å². The fourth-order valence-corrected chi connectivity index (χ4v) is 4.01. The lowest BCUT2D eigenvalue weighted by Crippen LogP contribution is -2.48. The van der Waals surface area contributed by atoms with Gasteiger partial charge in [-0.1, -0.05) is 11.6 Å². The van der Waals surface area contributed by atoms with Crippen LogP contribution in [0.2, 0.25) is 0 Å². The summed E-state index contributed by atoms with van der Waals surface area (Å²) in [5, 5.41) is 7.70. The van der Waals surface area contributed by atoms with E-state index in [-0.39, 0.29) is 11.5 Å². The van der Waals surface area contributed by atoms with Crippen LogP contribution in [-0.4, -0.2) is 69.4 Å². The molecule has 6 nitrogen and oxygen atoms in total. The van der Waals surface area contributed by atoms with E-state index in [2.05, 4.69) is 15.4 Å². The molecule has 0 amide bonds. The van der Waals surface area contributed by atoms with Gasteiger partial charge in [0, 0.05) is 25.6 Å². The van der Waals surface area contributed by atoms with Crippen molar-refractivity contribution in [1.82, 2.24) is 10.2 Å². The maximum Gasteiger partial charge on any atom is 0.236 e. The molecule has 0 bridgehead atoms. The van der Waals surface area contributed by atoms with Gasteiger partial charge in [-0.15, -0.1) is 0 Å². The Bertz CT molecular complexity index is 399. The number of nitrogens with one attached hydrogen (secondary N) is 1. The highest BCUT2D eigenvalue weighted by Crippen LogP contribution is 2.40. The number of hydrogen-bond acceptors (Lipinski definition) is 6.